The molecule has 1 saturated carbocycles. The summed E-state index contributed by atoms with van der Waals surface area (Å²) in [5, 5.41) is 8.33. The number of aryl methyl sites for hydroxylation is 1. The molecule has 1 aromatic heterocycles. The van der Waals surface area contributed by atoms with Crippen LogP contribution in [0.3, 0.4) is 0 Å². The van der Waals surface area contributed by atoms with E-state index in [9.17, 15) is 8.42 Å². The van der Waals surface area contributed by atoms with Crippen molar-refractivity contribution in [2.45, 2.75) is 68.8 Å². The van der Waals surface area contributed by atoms with Crippen LogP contribution in [-0.2, 0) is 29.5 Å². The van der Waals surface area contributed by atoms with Gasteiger partial charge in [0, 0.05) is 20.0 Å². The summed E-state index contributed by atoms with van der Waals surface area (Å²) >= 11 is 0. The number of hydrogen-bond donors (Lipinski definition) is 0. The first kappa shape index (κ1) is 17.7. The van der Waals surface area contributed by atoms with E-state index >= 15 is 0 Å². The average molecular weight is 375 g/mol. The predicted octanol–water partition coefficient (Wildman–Crippen LogP) is 3.09. The van der Waals surface area contributed by atoms with Crippen LogP contribution in [-0.4, -0.2) is 34.5 Å². The molecule has 1 aliphatic carbocycles. The SMILES string of the molecule is CN(Cc1nnc2n1CCC2)S(=O)(=O)c1ccc(C2CCCCC2)cc1. The van der Waals surface area contributed by atoms with Crippen LogP contribution in [0.25, 0.3) is 0 Å². The fourth-order valence-corrected chi connectivity index (χ4v) is 5.27. The van der Waals surface area contributed by atoms with Gasteiger partial charge in [0.1, 0.15) is 11.6 Å². The molecule has 0 unspecified atom stereocenters. The lowest BCUT2D eigenvalue weighted by Crippen LogP contribution is -2.28. The highest BCUT2D eigenvalue weighted by Gasteiger charge is 2.25. The minimum atomic E-state index is -3.53. The molecule has 0 amide bonds. The third kappa shape index (κ3) is 3.30. The molecule has 2 aliphatic rings. The second-order valence-corrected chi connectivity index (χ2v) is 9.50. The van der Waals surface area contributed by atoms with Gasteiger partial charge in [0.05, 0.1) is 11.4 Å². The minimum Gasteiger partial charge on any atom is -0.314 e. The first-order chi connectivity index (χ1) is 12.6. The Hall–Kier alpha value is -1.73. The molecule has 4 rings (SSSR count). The predicted molar refractivity (Wildman–Crippen MR) is 99.3 cm³/mol. The lowest BCUT2D eigenvalue weighted by atomic mass is 9.84. The van der Waals surface area contributed by atoms with E-state index < -0.39 is 10.0 Å². The average Bonchev–Trinajstić information content (AvgIpc) is 3.27. The second kappa shape index (κ2) is 7.12. The van der Waals surface area contributed by atoms with Crippen molar-refractivity contribution in [1.82, 2.24) is 19.1 Å². The quantitative estimate of drug-likeness (QED) is 0.806. The summed E-state index contributed by atoms with van der Waals surface area (Å²) in [7, 11) is -1.92. The largest absolute Gasteiger partial charge is 0.314 e. The molecule has 140 valence electrons. The van der Waals surface area contributed by atoms with E-state index in [1.165, 1.54) is 42.0 Å². The van der Waals surface area contributed by atoms with Crippen LogP contribution in [0.1, 0.15) is 61.7 Å². The van der Waals surface area contributed by atoms with Crippen LogP contribution in [0.4, 0.5) is 0 Å². The molecule has 7 heteroatoms. The van der Waals surface area contributed by atoms with Gasteiger partial charge in [-0.1, -0.05) is 31.4 Å². The van der Waals surface area contributed by atoms with E-state index in [4.69, 9.17) is 0 Å². The van der Waals surface area contributed by atoms with Crippen LogP contribution >= 0.6 is 0 Å². The van der Waals surface area contributed by atoms with Crippen molar-refractivity contribution in [1.29, 1.82) is 0 Å². The molecule has 26 heavy (non-hydrogen) atoms. The van der Waals surface area contributed by atoms with Gasteiger partial charge in [0.2, 0.25) is 10.0 Å². The van der Waals surface area contributed by atoms with Crippen molar-refractivity contribution in [2.75, 3.05) is 7.05 Å². The summed E-state index contributed by atoms with van der Waals surface area (Å²) in [4.78, 5) is 0.348. The third-order valence-corrected chi connectivity index (χ3v) is 7.53. The van der Waals surface area contributed by atoms with Crippen molar-refractivity contribution in [3.8, 4) is 0 Å². The van der Waals surface area contributed by atoms with Gasteiger partial charge in [-0.15, -0.1) is 10.2 Å². The van der Waals surface area contributed by atoms with Gasteiger partial charge < -0.3 is 4.57 Å². The van der Waals surface area contributed by atoms with E-state index in [-0.39, 0.29) is 6.54 Å². The van der Waals surface area contributed by atoms with Crippen molar-refractivity contribution in [2.24, 2.45) is 0 Å². The number of sulfonamides is 1. The lowest BCUT2D eigenvalue weighted by molar-refractivity contribution is 0.442. The van der Waals surface area contributed by atoms with Crippen LogP contribution in [0, 0.1) is 0 Å². The lowest BCUT2D eigenvalue weighted by Gasteiger charge is -2.22. The Kier molecular flexibility index (Phi) is 4.84. The number of hydrogen-bond acceptors (Lipinski definition) is 4. The summed E-state index contributed by atoms with van der Waals surface area (Å²) in [5.41, 5.74) is 1.27. The molecular formula is C19H26N4O2S. The van der Waals surface area contributed by atoms with E-state index in [1.807, 2.05) is 16.7 Å². The number of aromatic nitrogens is 3. The normalized spacial score (nSPS) is 18.4. The van der Waals surface area contributed by atoms with Gasteiger partial charge >= 0.3 is 0 Å². The second-order valence-electron chi connectivity index (χ2n) is 7.45. The summed E-state index contributed by atoms with van der Waals surface area (Å²) in [6, 6.07) is 7.49. The first-order valence-corrected chi connectivity index (χ1v) is 11.0. The van der Waals surface area contributed by atoms with Crippen molar-refractivity contribution in [3.63, 3.8) is 0 Å². The van der Waals surface area contributed by atoms with Gasteiger partial charge in [0.15, 0.2) is 0 Å². The van der Waals surface area contributed by atoms with E-state index in [2.05, 4.69) is 10.2 Å². The highest BCUT2D eigenvalue weighted by atomic mass is 32.2. The zero-order valence-electron chi connectivity index (χ0n) is 15.3. The van der Waals surface area contributed by atoms with Gasteiger partial charge in [-0.3, -0.25) is 0 Å². The highest BCUT2D eigenvalue weighted by Crippen LogP contribution is 2.33. The maximum atomic E-state index is 12.9. The van der Waals surface area contributed by atoms with Crippen LogP contribution in [0.5, 0.6) is 0 Å². The molecule has 2 aromatic rings. The Labute approximate surface area is 155 Å². The first-order valence-electron chi connectivity index (χ1n) is 9.53. The molecule has 1 aromatic carbocycles. The van der Waals surface area contributed by atoms with Gasteiger partial charge in [-0.2, -0.15) is 4.31 Å². The molecule has 0 saturated heterocycles. The Morgan fingerprint density at radius 1 is 1.08 bits per heavy atom. The van der Waals surface area contributed by atoms with Crippen LogP contribution in [0.15, 0.2) is 29.2 Å². The Morgan fingerprint density at radius 3 is 2.54 bits per heavy atom. The zero-order valence-corrected chi connectivity index (χ0v) is 16.1. The topological polar surface area (TPSA) is 68.1 Å². The molecule has 0 radical (unpaired) electrons. The number of nitrogens with zero attached hydrogens (tertiary/aromatic N) is 4. The molecule has 2 heterocycles. The highest BCUT2D eigenvalue weighted by molar-refractivity contribution is 7.89. The van der Waals surface area contributed by atoms with Gasteiger partial charge in [0.25, 0.3) is 0 Å². The zero-order chi connectivity index (χ0) is 18.1. The summed E-state index contributed by atoms with van der Waals surface area (Å²) in [6.45, 7) is 1.13. The number of benzene rings is 1. The molecule has 1 aliphatic heterocycles. The van der Waals surface area contributed by atoms with Crippen molar-refractivity contribution in [3.05, 3.63) is 41.5 Å². The molecular weight excluding hydrogens is 348 g/mol. The Balaban J connectivity index is 1.50. The van der Waals surface area contributed by atoms with E-state index in [0.717, 1.165) is 31.0 Å². The third-order valence-electron chi connectivity index (χ3n) is 5.72. The summed E-state index contributed by atoms with van der Waals surface area (Å²) in [6.07, 6.45) is 8.27. The van der Waals surface area contributed by atoms with Gasteiger partial charge in [-0.05, 0) is 42.9 Å². The number of rotatable bonds is 5. The molecule has 1 fully saturated rings. The van der Waals surface area contributed by atoms with Crippen molar-refractivity contribution >= 4 is 10.0 Å². The fraction of sp³-hybridized carbons (Fsp3) is 0.579. The summed E-state index contributed by atoms with van der Waals surface area (Å²) < 4.78 is 29.2. The maximum Gasteiger partial charge on any atom is 0.243 e. The van der Waals surface area contributed by atoms with Crippen molar-refractivity contribution < 1.29 is 8.42 Å². The number of fused-ring (bicyclic) bond motifs is 1. The molecule has 6 nitrogen and oxygen atoms in total. The molecule has 0 bridgehead atoms. The minimum absolute atomic E-state index is 0.250. The Morgan fingerprint density at radius 2 is 1.81 bits per heavy atom. The smallest absolute Gasteiger partial charge is 0.243 e. The van der Waals surface area contributed by atoms with Crippen LogP contribution < -0.4 is 0 Å². The fourth-order valence-electron chi connectivity index (χ4n) is 4.14. The molecule has 0 atom stereocenters. The standard InChI is InChI=1S/C19H26N4O2S/c1-22(14-19-21-20-18-8-5-13-23(18)19)26(24,25)17-11-9-16(10-12-17)15-6-3-2-4-7-15/h9-12,15H,2-8,13-14H2,1H3. The Bertz CT molecular complexity index is 867. The summed E-state index contributed by atoms with van der Waals surface area (Å²) in [5.74, 6) is 2.27. The van der Waals surface area contributed by atoms with E-state index in [0.29, 0.717) is 10.8 Å². The monoisotopic (exact) mass is 374 g/mol. The molecule has 0 spiro atoms. The van der Waals surface area contributed by atoms with Gasteiger partial charge in [-0.25, -0.2) is 8.42 Å². The maximum absolute atomic E-state index is 12.9. The van der Waals surface area contributed by atoms with Crippen LogP contribution in [0.2, 0.25) is 0 Å². The molecule has 0 N–H and O–H groups in total. The van der Waals surface area contributed by atoms with E-state index in [1.54, 1.807) is 19.2 Å².